The van der Waals surface area contributed by atoms with E-state index in [4.69, 9.17) is 0 Å². The molecule has 5 nitrogen and oxygen atoms in total. The molecule has 0 saturated carbocycles. The van der Waals surface area contributed by atoms with Gasteiger partial charge in [-0.2, -0.15) is 5.10 Å². The van der Waals surface area contributed by atoms with E-state index in [1.165, 1.54) is 0 Å². The van der Waals surface area contributed by atoms with Crippen molar-refractivity contribution in [3.8, 4) is 5.69 Å². The van der Waals surface area contributed by atoms with Crippen LogP contribution in [0.4, 0.5) is 0 Å². The second-order valence-corrected chi connectivity index (χ2v) is 5.93. The van der Waals surface area contributed by atoms with Crippen molar-refractivity contribution in [3.05, 3.63) is 47.3 Å². The Labute approximate surface area is 138 Å². The van der Waals surface area contributed by atoms with Gasteiger partial charge in [0.1, 0.15) is 0 Å². The van der Waals surface area contributed by atoms with E-state index in [9.17, 15) is 4.79 Å². The Kier molecular flexibility index (Phi) is 5.93. The molecule has 23 heavy (non-hydrogen) atoms. The Morgan fingerprint density at radius 1 is 1.26 bits per heavy atom. The third-order valence-corrected chi connectivity index (χ3v) is 3.86. The van der Waals surface area contributed by atoms with Gasteiger partial charge in [0, 0.05) is 12.1 Å². The van der Waals surface area contributed by atoms with Gasteiger partial charge in [0.05, 0.1) is 17.4 Å². The minimum Gasteiger partial charge on any atom is -0.350 e. The molecule has 124 valence electrons. The second-order valence-electron chi connectivity index (χ2n) is 5.93. The molecule has 0 aliphatic heterocycles. The number of amides is 1. The van der Waals surface area contributed by atoms with Crippen LogP contribution in [0.25, 0.3) is 5.69 Å². The van der Waals surface area contributed by atoms with Crippen LogP contribution in [0.1, 0.15) is 42.8 Å². The van der Waals surface area contributed by atoms with Crippen LogP contribution < -0.4 is 10.6 Å². The van der Waals surface area contributed by atoms with Gasteiger partial charge < -0.3 is 10.6 Å². The molecule has 1 heterocycles. The molecule has 2 aromatic rings. The topological polar surface area (TPSA) is 59.0 Å². The highest BCUT2D eigenvalue weighted by Crippen LogP contribution is 2.17. The molecule has 5 heteroatoms. The Balaban J connectivity index is 1.99. The lowest BCUT2D eigenvalue weighted by molar-refractivity contribution is -0.121. The van der Waals surface area contributed by atoms with Gasteiger partial charge in [0.2, 0.25) is 5.91 Å². The van der Waals surface area contributed by atoms with Crippen molar-refractivity contribution < 1.29 is 4.79 Å². The van der Waals surface area contributed by atoms with Crippen molar-refractivity contribution in [2.24, 2.45) is 0 Å². The highest BCUT2D eigenvalue weighted by Gasteiger charge is 2.10. The van der Waals surface area contributed by atoms with E-state index in [0.29, 0.717) is 6.42 Å². The largest absolute Gasteiger partial charge is 0.350 e. The van der Waals surface area contributed by atoms with Crippen molar-refractivity contribution in [3.63, 3.8) is 0 Å². The molecule has 1 amide bonds. The smallest absolute Gasteiger partial charge is 0.220 e. The molecule has 0 bridgehead atoms. The predicted octanol–water partition coefficient (Wildman–Crippen LogP) is 2.67. The first-order chi connectivity index (χ1) is 11.0. The number of rotatable bonds is 7. The Hall–Kier alpha value is -2.14. The summed E-state index contributed by atoms with van der Waals surface area (Å²) in [6.45, 7) is 6.90. The van der Waals surface area contributed by atoms with Gasteiger partial charge in [-0.1, -0.05) is 12.1 Å². The molecule has 0 aliphatic rings. The molecule has 0 fully saturated rings. The van der Waals surface area contributed by atoms with Gasteiger partial charge in [0.25, 0.3) is 0 Å². The highest BCUT2D eigenvalue weighted by atomic mass is 16.1. The van der Waals surface area contributed by atoms with Crippen LogP contribution >= 0.6 is 0 Å². The molecule has 1 aromatic carbocycles. The molecule has 0 radical (unpaired) electrons. The summed E-state index contributed by atoms with van der Waals surface area (Å²) in [4.78, 5) is 11.9. The summed E-state index contributed by atoms with van der Waals surface area (Å²) < 4.78 is 1.93. The predicted molar refractivity (Wildman–Crippen MR) is 92.8 cm³/mol. The standard InChI is InChI=1S/C18H26N4O/c1-13-12-14(2)22(21-13)17-9-7-16(8-10-17)15(3)20-18(23)6-5-11-19-4/h7-10,12,15,19H,5-6,11H2,1-4H3,(H,20,23). The third kappa shape index (κ3) is 4.66. The summed E-state index contributed by atoms with van der Waals surface area (Å²) in [5, 5.41) is 10.6. The SMILES string of the molecule is CNCCCC(=O)NC(C)c1ccc(-n2nc(C)cc2C)cc1. The molecule has 2 N–H and O–H groups in total. The van der Waals surface area contributed by atoms with Gasteiger partial charge in [-0.3, -0.25) is 4.79 Å². The quantitative estimate of drug-likeness (QED) is 0.773. The van der Waals surface area contributed by atoms with Gasteiger partial charge >= 0.3 is 0 Å². The number of carbonyl (C=O) groups is 1. The van der Waals surface area contributed by atoms with Crippen molar-refractivity contribution >= 4 is 5.91 Å². The minimum absolute atomic E-state index is 0.00610. The number of hydrogen-bond donors (Lipinski definition) is 2. The van der Waals surface area contributed by atoms with E-state index in [-0.39, 0.29) is 11.9 Å². The summed E-state index contributed by atoms with van der Waals surface area (Å²) in [7, 11) is 1.89. The number of nitrogens with zero attached hydrogens (tertiary/aromatic N) is 2. The van der Waals surface area contributed by atoms with Crippen LogP contribution in [0, 0.1) is 13.8 Å². The fourth-order valence-corrected chi connectivity index (χ4v) is 2.62. The van der Waals surface area contributed by atoms with E-state index >= 15 is 0 Å². The summed E-state index contributed by atoms with van der Waals surface area (Å²) in [5.41, 5.74) is 4.25. The van der Waals surface area contributed by atoms with E-state index in [0.717, 1.165) is 35.6 Å². The van der Waals surface area contributed by atoms with Crippen LogP contribution in [0.3, 0.4) is 0 Å². The molecule has 1 aromatic heterocycles. The van der Waals surface area contributed by atoms with E-state index < -0.39 is 0 Å². The fraction of sp³-hybridized carbons (Fsp3) is 0.444. The van der Waals surface area contributed by atoms with E-state index in [2.05, 4.69) is 21.8 Å². The number of carbonyl (C=O) groups excluding carboxylic acids is 1. The molecular weight excluding hydrogens is 288 g/mol. The summed E-state index contributed by atoms with van der Waals surface area (Å²) in [6, 6.07) is 10.2. The summed E-state index contributed by atoms with van der Waals surface area (Å²) in [5.74, 6) is 0.0929. The maximum absolute atomic E-state index is 11.9. The number of aryl methyl sites for hydroxylation is 2. The zero-order valence-corrected chi connectivity index (χ0v) is 14.4. The van der Waals surface area contributed by atoms with Crippen molar-refractivity contribution in [2.75, 3.05) is 13.6 Å². The zero-order chi connectivity index (χ0) is 16.8. The Bertz CT molecular complexity index is 646. The maximum atomic E-state index is 11.9. The Morgan fingerprint density at radius 3 is 2.52 bits per heavy atom. The van der Waals surface area contributed by atoms with Crippen LogP contribution in [-0.4, -0.2) is 29.3 Å². The van der Waals surface area contributed by atoms with Gasteiger partial charge in [0.15, 0.2) is 0 Å². The van der Waals surface area contributed by atoms with Crippen molar-refractivity contribution in [1.29, 1.82) is 0 Å². The third-order valence-electron chi connectivity index (χ3n) is 3.86. The van der Waals surface area contributed by atoms with Crippen LogP contribution in [0.5, 0.6) is 0 Å². The van der Waals surface area contributed by atoms with E-state index in [1.807, 2.05) is 56.8 Å². The maximum Gasteiger partial charge on any atom is 0.220 e. The molecule has 0 aliphatic carbocycles. The molecule has 0 saturated heterocycles. The molecule has 2 rings (SSSR count). The lowest BCUT2D eigenvalue weighted by Gasteiger charge is -2.15. The summed E-state index contributed by atoms with van der Waals surface area (Å²) in [6.07, 6.45) is 1.40. The first kappa shape index (κ1) is 17.2. The zero-order valence-electron chi connectivity index (χ0n) is 14.4. The summed E-state index contributed by atoms with van der Waals surface area (Å²) >= 11 is 0. The van der Waals surface area contributed by atoms with Gasteiger partial charge in [-0.05, 0) is 64.5 Å². The minimum atomic E-state index is 0.00610. The Morgan fingerprint density at radius 2 is 1.96 bits per heavy atom. The monoisotopic (exact) mass is 314 g/mol. The average molecular weight is 314 g/mol. The normalized spacial score (nSPS) is 12.2. The first-order valence-corrected chi connectivity index (χ1v) is 8.09. The molecule has 1 atom stereocenters. The molecule has 1 unspecified atom stereocenters. The van der Waals surface area contributed by atoms with Gasteiger partial charge in [-0.15, -0.1) is 0 Å². The number of benzene rings is 1. The first-order valence-electron chi connectivity index (χ1n) is 8.09. The lowest BCUT2D eigenvalue weighted by atomic mass is 10.1. The molecular formula is C18H26N4O. The lowest BCUT2D eigenvalue weighted by Crippen LogP contribution is -2.27. The van der Waals surface area contributed by atoms with Crippen molar-refractivity contribution in [2.45, 2.75) is 39.7 Å². The van der Waals surface area contributed by atoms with Crippen LogP contribution in [0.15, 0.2) is 30.3 Å². The van der Waals surface area contributed by atoms with Crippen LogP contribution in [0.2, 0.25) is 0 Å². The van der Waals surface area contributed by atoms with Gasteiger partial charge in [-0.25, -0.2) is 4.68 Å². The average Bonchev–Trinajstić information content (AvgIpc) is 2.86. The second kappa shape index (κ2) is 7.92. The van der Waals surface area contributed by atoms with Crippen molar-refractivity contribution in [1.82, 2.24) is 20.4 Å². The van der Waals surface area contributed by atoms with E-state index in [1.54, 1.807) is 0 Å². The molecule has 0 spiro atoms. The number of nitrogens with one attached hydrogen (secondary N) is 2. The number of aromatic nitrogens is 2. The van der Waals surface area contributed by atoms with Crippen LogP contribution in [-0.2, 0) is 4.79 Å². The number of hydrogen-bond acceptors (Lipinski definition) is 3. The highest BCUT2D eigenvalue weighted by molar-refractivity contribution is 5.76. The fourth-order valence-electron chi connectivity index (χ4n) is 2.62.